The number of nitrogens with one attached hydrogen (secondary N) is 1. The van der Waals surface area contributed by atoms with Crippen LogP contribution in [0.4, 0.5) is 0 Å². The Labute approximate surface area is 100 Å². The molecule has 0 amide bonds. The second-order valence-electron chi connectivity index (χ2n) is 4.68. The molecule has 1 heteroatoms. The molecule has 1 rings (SSSR count). The molecule has 16 heavy (non-hydrogen) atoms. The lowest BCUT2D eigenvalue weighted by atomic mass is 9.95. The number of benzene rings is 1. The molecular formula is C15H25N. The maximum Gasteiger partial charge on any atom is 0.00671 e. The summed E-state index contributed by atoms with van der Waals surface area (Å²) in [6, 6.07) is 7.26. The normalized spacial score (nSPS) is 12.8. The number of hydrogen-bond donors (Lipinski definition) is 1. The first kappa shape index (κ1) is 13.2. The van der Waals surface area contributed by atoms with Crippen LogP contribution in [0.3, 0.4) is 0 Å². The number of hydrogen-bond acceptors (Lipinski definition) is 1. The van der Waals surface area contributed by atoms with Gasteiger partial charge in [-0.15, -0.1) is 0 Å². The van der Waals surface area contributed by atoms with Crippen LogP contribution in [0.15, 0.2) is 18.2 Å². The molecule has 0 aliphatic heterocycles. The zero-order valence-corrected chi connectivity index (χ0v) is 11.1. The van der Waals surface area contributed by atoms with Crippen molar-refractivity contribution >= 4 is 0 Å². The van der Waals surface area contributed by atoms with Crippen molar-refractivity contribution in [2.24, 2.45) is 0 Å². The Hall–Kier alpha value is -0.820. The summed E-state index contributed by atoms with van der Waals surface area (Å²) in [5.74, 6) is 0. The average molecular weight is 219 g/mol. The van der Waals surface area contributed by atoms with Crippen LogP contribution in [0.5, 0.6) is 0 Å². The maximum absolute atomic E-state index is 3.41. The van der Waals surface area contributed by atoms with Crippen LogP contribution in [0.1, 0.15) is 42.9 Å². The minimum atomic E-state index is 0.670. The van der Waals surface area contributed by atoms with Crippen molar-refractivity contribution in [1.82, 2.24) is 5.32 Å². The fraction of sp³-hybridized carbons (Fsp3) is 0.600. The molecule has 0 bridgehead atoms. The third-order valence-corrected chi connectivity index (χ3v) is 3.43. The highest BCUT2D eigenvalue weighted by molar-refractivity contribution is 5.33. The molecule has 0 saturated carbocycles. The number of rotatable bonds is 6. The predicted molar refractivity (Wildman–Crippen MR) is 72.0 cm³/mol. The van der Waals surface area contributed by atoms with Crippen LogP contribution >= 0.6 is 0 Å². The lowest BCUT2D eigenvalue weighted by molar-refractivity contribution is 0.483. The molecule has 1 N–H and O–H groups in total. The van der Waals surface area contributed by atoms with Crippen LogP contribution in [-0.4, -0.2) is 13.1 Å². The lowest BCUT2D eigenvalue weighted by Gasteiger charge is -2.17. The van der Waals surface area contributed by atoms with E-state index in [1.54, 1.807) is 5.56 Å². The summed E-state index contributed by atoms with van der Waals surface area (Å²) in [6.45, 7) is 6.69. The summed E-state index contributed by atoms with van der Waals surface area (Å²) >= 11 is 0. The Morgan fingerprint density at radius 1 is 1.12 bits per heavy atom. The molecule has 0 spiro atoms. The van der Waals surface area contributed by atoms with Crippen molar-refractivity contribution in [2.45, 2.75) is 52.5 Å². The van der Waals surface area contributed by atoms with E-state index in [2.05, 4.69) is 51.3 Å². The zero-order valence-electron chi connectivity index (χ0n) is 11.1. The maximum atomic E-state index is 3.41. The summed E-state index contributed by atoms with van der Waals surface area (Å²) in [7, 11) is 2.07. The van der Waals surface area contributed by atoms with Crippen molar-refractivity contribution in [1.29, 1.82) is 0 Å². The monoisotopic (exact) mass is 219 g/mol. The molecular weight excluding hydrogens is 194 g/mol. The SMILES string of the molecule is CCCC(CCc1c(C)cccc1C)NC. The van der Waals surface area contributed by atoms with E-state index in [-0.39, 0.29) is 0 Å². The van der Waals surface area contributed by atoms with Gasteiger partial charge in [-0.05, 0) is 56.8 Å². The molecule has 0 aromatic heterocycles. The highest BCUT2D eigenvalue weighted by atomic mass is 14.9. The van der Waals surface area contributed by atoms with Crippen LogP contribution < -0.4 is 5.32 Å². The molecule has 1 nitrogen and oxygen atoms in total. The van der Waals surface area contributed by atoms with E-state index in [1.807, 2.05) is 0 Å². The Kier molecular flexibility index (Phi) is 5.54. The predicted octanol–water partition coefficient (Wildman–Crippen LogP) is 3.62. The molecule has 1 aromatic carbocycles. The van der Waals surface area contributed by atoms with Crippen molar-refractivity contribution < 1.29 is 0 Å². The van der Waals surface area contributed by atoms with Crippen LogP contribution in [0.25, 0.3) is 0 Å². The van der Waals surface area contributed by atoms with Crippen LogP contribution in [0, 0.1) is 13.8 Å². The van der Waals surface area contributed by atoms with Crippen molar-refractivity contribution in [3.05, 3.63) is 34.9 Å². The van der Waals surface area contributed by atoms with E-state index in [0.29, 0.717) is 6.04 Å². The third-order valence-electron chi connectivity index (χ3n) is 3.43. The number of aryl methyl sites for hydroxylation is 2. The van der Waals surface area contributed by atoms with Gasteiger partial charge < -0.3 is 5.32 Å². The van der Waals surface area contributed by atoms with Crippen molar-refractivity contribution in [3.8, 4) is 0 Å². The molecule has 1 aromatic rings. The van der Waals surface area contributed by atoms with Gasteiger partial charge in [0, 0.05) is 6.04 Å². The molecule has 1 atom stereocenters. The first-order valence-electron chi connectivity index (χ1n) is 6.41. The van der Waals surface area contributed by atoms with Crippen LogP contribution in [-0.2, 0) is 6.42 Å². The first-order chi connectivity index (χ1) is 7.69. The zero-order chi connectivity index (χ0) is 12.0. The molecule has 1 unspecified atom stereocenters. The van der Waals surface area contributed by atoms with Crippen molar-refractivity contribution in [2.75, 3.05) is 7.05 Å². The van der Waals surface area contributed by atoms with Gasteiger partial charge in [-0.1, -0.05) is 31.5 Å². The molecule has 90 valence electrons. The van der Waals surface area contributed by atoms with E-state index in [9.17, 15) is 0 Å². The van der Waals surface area contributed by atoms with Gasteiger partial charge in [0.05, 0.1) is 0 Å². The molecule has 0 aliphatic rings. The second-order valence-corrected chi connectivity index (χ2v) is 4.68. The van der Waals surface area contributed by atoms with Crippen molar-refractivity contribution in [3.63, 3.8) is 0 Å². The molecule has 0 radical (unpaired) electrons. The topological polar surface area (TPSA) is 12.0 Å². The minimum Gasteiger partial charge on any atom is -0.317 e. The largest absolute Gasteiger partial charge is 0.317 e. The summed E-state index contributed by atoms with van der Waals surface area (Å²) < 4.78 is 0. The van der Waals surface area contributed by atoms with E-state index in [0.717, 1.165) is 0 Å². The van der Waals surface area contributed by atoms with Gasteiger partial charge in [-0.2, -0.15) is 0 Å². The Balaban J connectivity index is 2.59. The average Bonchev–Trinajstić information content (AvgIpc) is 2.27. The van der Waals surface area contributed by atoms with Gasteiger partial charge in [0.15, 0.2) is 0 Å². The highest BCUT2D eigenvalue weighted by Crippen LogP contribution is 2.17. The van der Waals surface area contributed by atoms with E-state index >= 15 is 0 Å². The van der Waals surface area contributed by atoms with Gasteiger partial charge in [-0.3, -0.25) is 0 Å². The Morgan fingerprint density at radius 3 is 2.25 bits per heavy atom. The molecule has 0 heterocycles. The summed E-state index contributed by atoms with van der Waals surface area (Å²) in [5, 5.41) is 3.41. The first-order valence-corrected chi connectivity index (χ1v) is 6.41. The summed E-state index contributed by atoms with van der Waals surface area (Å²) in [4.78, 5) is 0. The Morgan fingerprint density at radius 2 is 1.75 bits per heavy atom. The fourth-order valence-corrected chi connectivity index (χ4v) is 2.34. The fourth-order valence-electron chi connectivity index (χ4n) is 2.34. The van der Waals surface area contributed by atoms with Crippen LogP contribution in [0.2, 0.25) is 0 Å². The molecule has 0 aliphatic carbocycles. The quantitative estimate of drug-likeness (QED) is 0.770. The molecule has 0 fully saturated rings. The van der Waals surface area contributed by atoms with Gasteiger partial charge in [0.2, 0.25) is 0 Å². The van der Waals surface area contributed by atoms with E-state index < -0.39 is 0 Å². The van der Waals surface area contributed by atoms with E-state index in [1.165, 1.54) is 36.8 Å². The van der Waals surface area contributed by atoms with Gasteiger partial charge in [0.1, 0.15) is 0 Å². The smallest absolute Gasteiger partial charge is 0.00671 e. The highest BCUT2D eigenvalue weighted by Gasteiger charge is 2.07. The standard InChI is InChI=1S/C15H25N/c1-5-7-14(16-4)10-11-15-12(2)8-6-9-13(15)3/h6,8-9,14,16H,5,7,10-11H2,1-4H3. The summed E-state index contributed by atoms with van der Waals surface area (Å²) in [6.07, 6.45) is 4.99. The summed E-state index contributed by atoms with van der Waals surface area (Å²) in [5.41, 5.74) is 4.41. The van der Waals surface area contributed by atoms with Gasteiger partial charge in [0.25, 0.3) is 0 Å². The Bertz CT molecular complexity index is 297. The molecule has 0 saturated heterocycles. The lowest BCUT2D eigenvalue weighted by Crippen LogP contribution is -2.25. The van der Waals surface area contributed by atoms with E-state index in [4.69, 9.17) is 0 Å². The van der Waals surface area contributed by atoms with Gasteiger partial charge in [-0.25, -0.2) is 0 Å². The second kappa shape index (κ2) is 6.70. The van der Waals surface area contributed by atoms with Gasteiger partial charge >= 0.3 is 0 Å². The minimum absolute atomic E-state index is 0.670. The third kappa shape index (κ3) is 3.64.